The Kier molecular flexibility index (Phi) is 6.49. The molecule has 0 bridgehead atoms. The fourth-order valence-corrected chi connectivity index (χ4v) is 5.06. The molecule has 31 heavy (non-hydrogen) atoms. The number of carbonyl (C=O) groups is 2. The molecule has 2 aliphatic rings. The van der Waals surface area contributed by atoms with E-state index in [1.165, 1.54) is 0 Å². The molecular weight excluding hydrogens is 394 g/mol. The monoisotopic (exact) mass is 427 g/mol. The number of rotatable bonds is 3. The van der Waals surface area contributed by atoms with Crippen LogP contribution in [-0.4, -0.2) is 52.9 Å². The molecule has 168 valence electrons. The fraction of sp³-hybridized carbons (Fsp3) is 0.625. The predicted molar refractivity (Wildman–Crippen MR) is 116 cm³/mol. The van der Waals surface area contributed by atoms with Gasteiger partial charge in [0.25, 0.3) is 5.91 Å². The van der Waals surface area contributed by atoms with Crippen LogP contribution in [0.1, 0.15) is 78.3 Å². The van der Waals surface area contributed by atoms with Crippen LogP contribution in [0, 0.1) is 19.8 Å². The molecule has 7 heteroatoms. The van der Waals surface area contributed by atoms with Crippen LogP contribution in [0.15, 0.2) is 21.1 Å². The zero-order valence-corrected chi connectivity index (χ0v) is 18.9. The Bertz CT molecular complexity index is 912. The van der Waals surface area contributed by atoms with Gasteiger partial charge < -0.3 is 18.7 Å². The lowest BCUT2D eigenvalue weighted by Crippen LogP contribution is -2.47. The predicted octanol–water partition coefficient (Wildman–Crippen LogP) is 4.12. The molecule has 1 saturated carbocycles. The van der Waals surface area contributed by atoms with E-state index in [-0.39, 0.29) is 23.8 Å². The first-order valence-corrected chi connectivity index (χ1v) is 11.5. The van der Waals surface area contributed by atoms with E-state index in [2.05, 4.69) is 5.16 Å². The third-order valence-corrected chi connectivity index (χ3v) is 6.88. The normalized spacial score (nSPS) is 23.0. The first-order chi connectivity index (χ1) is 15.0. The summed E-state index contributed by atoms with van der Waals surface area (Å²) in [7, 11) is 1.90. The molecule has 2 aromatic heterocycles. The summed E-state index contributed by atoms with van der Waals surface area (Å²) in [5, 5.41) is 3.99. The van der Waals surface area contributed by atoms with Gasteiger partial charge >= 0.3 is 0 Å². The highest BCUT2D eigenvalue weighted by Gasteiger charge is 2.40. The van der Waals surface area contributed by atoms with Crippen molar-refractivity contribution in [2.24, 2.45) is 5.92 Å². The van der Waals surface area contributed by atoms with E-state index in [0.29, 0.717) is 18.7 Å². The SMILES string of the molecule is Cc1noc(C)c1Cc1ccc(C(=O)N2CCCCCCN(C)C(=O)C3CCCC32)o1. The Hall–Kier alpha value is -2.57. The van der Waals surface area contributed by atoms with E-state index in [1.807, 2.05) is 36.8 Å². The molecule has 2 unspecified atom stereocenters. The van der Waals surface area contributed by atoms with E-state index >= 15 is 0 Å². The third kappa shape index (κ3) is 4.55. The lowest BCUT2D eigenvalue weighted by Gasteiger charge is -2.33. The number of nitrogens with zero attached hydrogens (tertiary/aromatic N) is 3. The molecule has 2 fully saturated rings. The van der Waals surface area contributed by atoms with E-state index in [4.69, 9.17) is 8.94 Å². The average Bonchev–Trinajstić information content (AvgIpc) is 3.49. The van der Waals surface area contributed by atoms with Crippen LogP contribution in [0.3, 0.4) is 0 Å². The molecule has 4 rings (SSSR count). The van der Waals surface area contributed by atoms with Crippen molar-refractivity contribution in [1.29, 1.82) is 0 Å². The highest BCUT2D eigenvalue weighted by atomic mass is 16.5. The minimum atomic E-state index is -0.108. The highest BCUT2D eigenvalue weighted by molar-refractivity contribution is 5.92. The Morgan fingerprint density at radius 1 is 1.10 bits per heavy atom. The zero-order chi connectivity index (χ0) is 22.0. The van der Waals surface area contributed by atoms with Gasteiger partial charge in [-0.1, -0.05) is 24.4 Å². The summed E-state index contributed by atoms with van der Waals surface area (Å²) in [6.45, 7) is 5.27. The molecule has 3 heterocycles. The van der Waals surface area contributed by atoms with E-state index in [9.17, 15) is 9.59 Å². The van der Waals surface area contributed by atoms with Crippen molar-refractivity contribution in [3.63, 3.8) is 0 Å². The largest absolute Gasteiger partial charge is 0.456 e. The molecule has 2 aromatic rings. The number of aromatic nitrogens is 1. The second kappa shape index (κ2) is 9.28. The van der Waals surface area contributed by atoms with Crippen molar-refractivity contribution in [1.82, 2.24) is 15.0 Å². The van der Waals surface area contributed by atoms with Gasteiger partial charge in [0.1, 0.15) is 11.5 Å². The Morgan fingerprint density at radius 3 is 2.61 bits per heavy atom. The summed E-state index contributed by atoms with van der Waals surface area (Å²) in [5.74, 6) is 1.81. The first kappa shape index (κ1) is 21.7. The van der Waals surface area contributed by atoms with Gasteiger partial charge in [-0.2, -0.15) is 0 Å². The van der Waals surface area contributed by atoms with Crippen LogP contribution in [0.5, 0.6) is 0 Å². The summed E-state index contributed by atoms with van der Waals surface area (Å²) in [6, 6.07) is 3.58. The van der Waals surface area contributed by atoms with Gasteiger partial charge in [0, 0.05) is 38.2 Å². The maximum Gasteiger partial charge on any atom is 0.289 e. The fourth-order valence-electron chi connectivity index (χ4n) is 5.06. The highest BCUT2D eigenvalue weighted by Crippen LogP contribution is 2.33. The van der Waals surface area contributed by atoms with Crippen molar-refractivity contribution < 1.29 is 18.5 Å². The van der Waals surface area contributed by atoms with Gasteiger partial charge in [-0.25, -0.2) is 0 Å². The lowest BCUT2D eigenvalue weighted by atomic mass is 9.99. The second-order valence-electron chi connectivity index (χ2n) is 9.02. The van der Waals surface area contributed by atoms with Crippen LogP contribution >= 0.6 is 0 Å². The van der Waals surface area contributed by atoms with E-state index in [0.717, 1.165) is 74.3 Å². The number of amides is 2. The topological polar surface area (TPSA) is 79.8 Å². The molecule has 1 saturated heterocycles. The molecular formula is C24H33N3O4. The van der Waals surface area contributed by atoms with E-state index in [1.54, 1.807) is 6.07 Å². The number of hydrogen-bond donors (Lipinski definition) is 0. The maximum absolute atomic E-state index is 13.5. The van der Waals surface area contributed by atoms with Crippen LogP contribution in [-0.2, 0) is 11.2 Å². The Labute approximate surface area is 183 Å². The van der Waals surface area contributed by atoms with Crippen molar-refractivity contribution in [3.8, 4) is 0 Å². The lowest BCUT2D eigenvalue weighted by molar-refractivity contribution is -0.135. The molecule has 1 aliphatic carbocycles. The summed E-state index contributed by atoms with van der Waals surface area (Å²) in [4.78, 5) is 30.4. The van der Waals surface area contributed by atoms with Gasteiger partial charge in [0.05, 0.1) is 11.6 Å². The van der Waals surface area contributed by atoms with Gasteiger partial charge in [-0.3, -0.25) is 9.59 Å². The Morgan fingerprint density at radius 2 is 1.87 bits per heavy atom. The number of furan rings is 1. The van der Waals surface area contributed by atoms with Crippen LogP contribution in [0.4, 0.5) is 0 Å². The van der Waals surface area contributed by atoms with Gasteiger partial charge in [-0.15, -0.1) is 0 Å². The van der Waals surface area contributed by atoms with Crippen molar-refractivity contribution in [2.75, 3.05) is 20.1 Å². The van der Waals surface area contributed by atoms with Gasteiger partial charge in [0.2, 0.25) is 5.91 Å². The minimum Gasteiger partial charge on any atom is -0.456 e. The summed E-state index contributed by atoms with van der Waals surface area (Å²) < 4.78 is 11.2. The number of hydrogen-bond acceptors (Lipinski definition) is 5. The summed E-state index contributed by atoms with van der Waals surface area (Å²) >= 11 is 0. The molecule has 0 N–H and O–H groups in total. The van der Waals surface area contributed by atoms with Crippen molar-refractivity contribution >= 4 is 11.8 Å². The molecule has 1 aliphatic heterocycles. The molecule has 0 aromatic carbocycles. The number of fused-ring (bicyclic) bond motifs is 1. The molecule has 0 radical (unpaired) electrons. The summed E-state index contributed by atoms with van der Waals surface area (Å²) in [6.07, 6.45) is 7.39. The van der Waals surface area contributed by atoms with Crippen LogP contribution < -0.4 is 0 Å². The smallest absolute Gasteiger partial charge is 0.289 e. The third-order valence-electron chi connectivity index (χ3n) is 6.88. The Balaban J connectivity index is 1.55. The number of aryl methyl sites for hydroxylation is 2. The minimum absolute atomic E-state index is 0.0448. The van der Waals surface area contributed by atoms with Crippen molar-refractivity contribution in [3.05, 3.63) is 40.7 Å². The standard InChI is InChI=1S/C24H33N3O4/c1-16-20(17(2)31-25-16)15-18-11-12-22(30-18)24(29)27-14-7-5-4-6-13-26(3)23(28)19-9-8-10-21(19)27/h11-12,19,21H,4-10,13-15H2,1-3H3. The number of carbonyl (C=O) groups excluding carboxylic acids is 2. The average molecular weight is 428 g/mol. The van der Waals surface area contributed by atoms with Crippen molar-refractivity contribution in [2.45, 2.75) is 71.3 Å². The quantitative estimate of drug-likeness (QED) is 0.736. The van der Waals surface area contributed by atoms with Gasteiger partial charge in [-0.05, 0) is 51.7 Å². The molecule has 2 amide bonds. The zero-order valence-electron chi connectivity index (χ0n) is 18.9. The molecule has 7 nitrogen and oxygen atoms in total. The second-order valence-corrected chi connectivity index (χ2v) is 9.02. The van der Waals surface area contributed by atoms with E-state index < -0.39 is 0 Å². The van der Waals surface area contributed by atoms with Crippen LogP contribution in [0.25, 0.3) is 0 Å². The molecule has 2 atom stereocenters. The molecule has 0 spiro atoms. The summed E-state index contributed by atoms with van der Waals surface area (Å²) in [5.41, 5.74) is 1.83. The maximum atomic E-state index is 13.5. The van der Waals surface area contributed by atoms with Gasteiger partial charge in [0.15, 0.2) is 5.76 Å². The first-order valence-electron chi connectivity index (χ1n) is 11.5. The van der Waals surface area contributed by atoms with Crippen LogP contribution in [0.2, 0.25) is 0 Å².